The summed E-state index contributed by atoms with van der Waals surface area (Å²) in [5.41, 5.74) is 0.872. The molecule has 162 valence electrons. The Kier molecular flexibility index (Phi) is 7.79. The predicted octanol–water partition coefficient (Wildman–Crippen LogP) is 4.26. The predicted molar refractivity (Wildman–Crippen MR) is 118 cm³/mol. The van der Waals surface area contributed by atoms with Crippen molar-refractivity contribution >= 4 is 28.3 Å². The van der Waals surface area contributed by atoms with Crippen molar-refractivity contribution in [3.8, 4) is 16.3 Å². The summed E-state index contributed by atoms with van der Waals surface area (Å²) in [5.74, 6) is 0.504. The summed E-state index contributed by atoms with van der Waals surface area (Å²) < 4.78 is 5.25. The van der Waals surface area contributed by atoms with Crippen LogP contribution in [0.4, 0.5) is 5.13 Å². The maximum atomic E-state index is 13.0. The molecule has 0 aliphatic heterocycles. The molecule has 8 heteroatoms. The fourth-order valence-corrected chi connectivity index (χ4v) is 4.41. The number of anilines is 1. The van der Waals surface area contributed by atoms with Crippen LogP contribution in [0.5, 0.6) is 5.75 Å². The Morgan fingerprint density at radius 3 is 2.70 bits per heavy atom. The van der Waals surface area contributed by atoms with E-state index < -0.39 is 6.04 Å². The number of aromatic nitrogens is 2. The van der Waals surface area contributed by atoms with E-state index in [2.05, 4.69) is 20.8 Å². The number of benzene rings is 1. The molecule has 1 aromatic heterocycles. The maximum absolute atomic E-state index is 13.0. The zero-order valence-electron chi connectivity index (χ0n) is 17.8. The molecule has 1 saturated carbocycles. The first-order valence-electron chi connectivity index (χ1n) is 10.6. The van der Waals surface area contributed by atoms with Crippen LogP contribution in [0.1, 0.15) is 52.4 Å². The highest BCUT2D eigenvalue weighted by atomic mass is 32.1. The van der Waals surface area contributed by atoms with E-state index in [4.69, 9.17) is 4.74 Å². The van der Waals surface area contributed by atoms with Crippen LogP contribution in [-0.4, -0.2) is 35.2 Å². The van der Waals surface area contributed by atoms with Gasteiger partial charge in [0.25, 0.3) is 0 Å². The van der Waals surface area contributed by atoms with E-state index in [1.165, 1.54) is 17.8 Å². The molecule has 1 heterocycles. The van der Waals surface area contributed by atoms with Gasteiger partial charge in [-0.05, 0) is 30.9 Å². The molecule has 0 radical (unpaired) electrons. The molecular formula is C22H30N4O3S. The topological polar surface area (TPSA) is 93.2 Å². The molecule has 1 aromatic carbocycles. The molecule has 2 amide bonds. The molecule has 2 N–H and O–H groups in total. The monoisotopic (exact) mass is 430 g/mol. The van der Waals surface area contributed by atoms with Crippen molar-refractivity contribution in [1.82, 2.24) is 15.5 Å². The summed E-state index contributed by atoms with van der Waals surface area (Å²) in [4.78, 5) is 25.7. The highest BCUT2D eigenvalue weighted by molar-refractivity contribution is 7.18. The Bertz CT molecular complexity index is 864. The summed E-state index contributed by atoms with van der Waals surface area (Å²) in [6.07, 6.45) is 5.94. The second kappa shape index (κ2) is 10.5. The molecule has 0 saturated heterocycles. The normalized spacial score (nSPS) is 16.5. The average Bonchev–Trinajstić information content (AvgIpc) is 3.25. The minimum atomic E-state index is -0.589. The quantitative estimate of drug-likeness (QED) is 0.653. The van der Waals surface area contributed by atoms with Crippen LogP contribution >= 0.6 is 11.3 Å². The lowest BCUT2D eigenvalue weighted by Gasteiger charge is -2.27. The summed E-state index contributed by atoms with van der Waals surface area (Å²) in [6.45, 7) is 4.00. The Hall–Kier alpha value is -2.48. The molecule has 2 unspecified atom stereocenters. The molecule has 1 aliphatic carbocycles. The third-order valence-corrected chi connectivity index (χ3v) is 6.63. The highest BCUT2D eigenvalue weighted by Crippen LogP contribution is 2.29. The lowest BCUT2D eigenvalue weighted by atomic mass is 9.88. The number of hydrogen-bond acceptors (Lipinski definition) is 6. The Morgan fingerprint density at radius 2 is 2.00 bits per heavy atom. The first kappa shape index (κ1) is 22.2. The van der Waals surface area contributed by atoms with Crippen molar-refractivity contribution in [2.75, 3.05) is 12.4 Å². The number of carbonyl (C=O) groups is 2. The van der Waals surface area contributed by atoms with Crippen LogP contribution < -0.4 is 15.4 Å². The molecule has 2 atom stereocenters. The number of ether oxygens (including phenoxy) is 1. The number of carbonyl (C=O) groups excluding carboxylic acids is 2. The number of hydrogen-bond donors (Lipinski definition) is 2. The molecule has 30 heavy (non-hydrogen) atoms. The number of methoxy groups -OCH3 is 1. The minimum Gasteiger partial charge on any atom is -0.497 e. The van der Waals surface area contributed by atoms with E-state index in [0.29, 0.717) is 10.1 Å². The molecule has 1 fully saturated rings. The smallest absolute Gasteiger partial charge is 0.249 e. The minimum absolute atomic E-state index is 0.00974. The second-order valence-electron chi connectivity index (χ2n) is 7.84. The Balaban J connectivity index is 1.68. The Morgan fingerprint density at radius 1 is 1.23 bits per heavy atom. The van der Waals surface area contributed by atoms with Gasteiger partial charge >= 0.3 is 0 Å². The maximum Gasteiger partial charge on any atom is 0.249 e. The van der Waals surface area contributed by atoms with Crippen molar-refractivity contribution in [2.24, 2.45) is 11.8 Å². The van der Waals surface area contributed by atoms with E-state index in [0.717, 1.165) is 43.4 Å². The van der Waals surface area contributed by atoms with Gasteiger partial charge in [0, 0.05) is 11.5 Å². The van der Waals surface area contributed by atoms with Crippen molar-refractivity contribution in [2.45, 2.75) is 58.4 Å². The van der Waals surface area contributed by atoms with E-state index >= 15 is 0 Å². The molecule has 2 aromatic rings. The number of amides is 2. The molecule has 0 spiro atoms. The lowest BCUT2D eigenvalue weighted by Crippen LogP contribution is -2.49. The van der Waals surface area contributed by atoms with Gasteiger partial charge in [0.05, 0.1) is 7.11 Å². The zero-order valence-corrected chi connectivity index (χ0v) is 18.6. The third kappa shape index (κ3) is 5.56. The SMILES string of the molecule is CCC(C)C(NC(=O)C1CCCCC1)C(=O)Nc1nnc(-c2cccc(OC)c2)s1. The molecule has 7 nitrogen and oxygen atoms in total. The highest BCUT2D eigenvalue weighted by Gasteiger charge is 2.30. The van der Waals surface area contributed by atoms with Crippen LogP contribution in [0.2, 0.25) is 0 Å². The molecule has 1 aliphatic rings. The Labute approximate surface area is 181 Å². The van der Waals surface area contributed by atoms with Gasteiger partial charge in [0.2, 0.25) is 16.9 Å². The number of nitrogens with zero attached hydrogens (tertiary/aromatic N) is 2. The van der Waals surface area contributed by atoms with E-state index in [-0.39, 0.29) is 23.7 Å². The van der Waals surface area contributed by atoms with Gasteiger partial charge in [-0.15, -0.1) is 10.2 Å². The lowest BCUT2D eigenvalue weighted by molar-refractivity contribution is -0.130. The van der Waals surface area contributed by atoms with Crippen molar-refractivity contribution in [3.05, 3.63) is 24.3 Å². The van der Waals surface area contributed by atoms with Crippen LogP contribution in [0, 0.1) is 11.8 Å². The molecular weight excluding hydrogens is 400 g/mol. The van der Waals surface area contributed by atoms with Crippen LogP contribution in [-0.2, 0) is 9.59 Å². The van der Waals surface area contributed by atoms with Gasteiger partial charge in [0.15, 0.2) is 0 Å². The molecule has 3 rings (SSSR count). The van der Waals surface area contributed by atoms with Gasteiger partial charge in [-0.25, -0.2) is 0 Å². The van der Waals surface area contributed by atoms with Gasteiger partial charge in [-0.2, -0.15) is 0 Å². The zero-order chi connectivity index (χ0) is 21.5. The fourth-order valence-electron chi connectivity index (χ4n) is 3.67. The van der Waals surface area contributed by atoms with E-state index in [1.54, 1.807) is 7.11 Å². The van der Waals surface area contributed by atoms with E-state index in [1.807, 2.05) is 38.1 Å². The summed E-state index contributed by atoms with van der Waals surface area (Å²) in [5, 5.41) is 15.2. The van der Waals surface area contributed by atoms with Crippen LogP contribution in [0.15, 0.2) is 24.3 Å². The average molecular weight is 431 g/mol. The largest absolute Gasteiger partial charge is 0.497 e. The van der Waals surface area contributed by atoms with Crippen LogP contribution in [0.25, 0.3) is 10.6 Å². The second-order valence-corrected chi connectivity index (χ2v) is 8.82. The summed E-state index contributed by atoms with van der Waals surface area (Å²) in [6, 6.07) is 6.94. The fraction of sp³-hybridized carbons (Fsp3) is 0.545. The van der Waals surface area contributed by atoms with E-state index in [9.17, 15) is 9.59 Å². The van der Waals surface area contributed by atoms with Crippen LogP contribution in [0.3, 0.4) is 0 Å². The van der Waals surface area contributed by atoms with Crippen molar-refractivity contribution in [3.63, 3.8) is 0 Å². The molecule has 0 bridgehead atoms. The summed E-state index contributed by atoms with van der Waals surface area (Å²) in [7, 11) is 1.61. The first-order valence-corrected chi connectivity index (χ1v) is 11.4. The number of nitrogens with one attached hydrogen (secondary N) is 2. The van der Waals surface area contributed by atoms with Gasteiger partial charge in [0.1, 0.15) is 16.8 Å². The summed E-state index contributed by atoms with van der Waals surface area (Å²) >= 11 is 1.29. The first-order chi connectivity index (χ1) is 14.5. The third-order valence-electron chi connectivity index (χ3n) is 5.74. The van der Waals surface area contributed by atoms with Crippen molar-refractivity contribution < 1.29 is 14.3 Å². The van der Waals surface area contributed by atoms with Gasteiger partial charge < -0.3 is 10.1 Å². The standard InChI is InChI=1S/C22H30N4O3S/c1-4-14(2)18(23-19(27)15-9-6-5-7-10-15)20(28)24-22-26-25-21(30-22)16-11-8-12-17(13-16)29-3/h8,11-15,18H,4-7,9-10H2,1-3H3,(H,23,27)(H,24,26,28). The van der Waals surface area contributed by atoms with Gasteiger partial charge in [-0.1, -0.05) is 63.0 Å². The van der Waals surface area contributed by atoms with Gasteiger partial charge in [-0.3, -0.25) is 14.9 Å². The number of rotatable bonds is 8. The van der Waals surface area contributed by atoms with Crippen molar-refractivity contribution in [1.29, 1.82) is 0 Å².